The molecule has 1 aliphatic rings. The van der Waals surface area contributed by atoms with Crippen LogP contribution in [-0.4, -0.2) is 53.7 Å². The Hall–Kier alpha value is -6.11. The van der Waals surface area contributed by atoms with Gasteiger partial charge in [-0.25, -0.2) is 4.79 Å². The number of carbonyl (C=O) groups excluding carboxylic acids is 2. The van der Waals surface area contributed by atoms with Gasteiger partial charge in [-0.05, 0) is 88.0 Å². The molecule has 3 aromatic carbocycles. The second-order valence-corrected chi connectivity index (χ2v) is 14.2. The van der Waals surface area contributed by atoms with Crippen molar-refractivity contribution in [1.29, 1.82) is 10.5 Å². The number of Topliss-reactive ketones (excluding diaryl/α,β-unsaturated/α-hetero) is 1. The molecule has 0 radical (unpaired) electrons. The van der Waals surface area contributed by atoms with E-state index in [1.165, 1.54) is 6.20 Å². The van der Waals surface area contributed by atoms with E-state index in [2.05, 4.69) is 17.1 Å². The topological polar surface area (TPSA) is 170 Å². The number of ketones is 1. The average Bonchev–Trinajstić information content (AvgIpc) is 3.17. The van der Waals surface area contributed by atoms with Crippen LogP contribution in [0, 0.1) is 29.6 Å². The molecule has 0 bridgehead atoms. The summed E-state index contributed by atoms with van der Waals surface area (Å²) in [4.78, 5) is 31.6. The van der Waals surface area contributed by atoms with Crippen molar-refractivity contribution in [2.24, 2.45) is 5.73 Å². The van der Waals surface area contributed by atoms with Crippen LogP contribution in [0.3, 0.4) is 0 Å². The van der Waals surface area contributed by atoms with Crippen LogP contribution in [-0.2, 0) is 29.3 Å². The van der Waals surface area contributed by atoms with Crippen LogP contribution >= 0.6 is 0 Å². The van der Waals surface area contributed by atoms with E-state index in [1.807, 2.05) is 49.4 Å². The minimum Gasteiger partial charge on any atom is -0.488 e. The number of pyridine rings is 1. The van der Waals surface area contributed by atoms with Crippen LogP contribution in [0.5, 0.6) is 23.0 Å². The first-order valence-corrected chi connectivity index (χ1v) is 18.3. The fourth-order valence-corrected chi connectivity index (χ4v) is 6.05. The average molecular weight is 746 g/mol. The minimum absolute atomic E-state index is 0.0935. The molecule has 1 aromatic heterocycles. The molecule has 0 saturated carbocycles. The lowest BCUT2D eigenvalue weighted by Gasteiger charge is -2.28. The molecule has 0 saturated heterocycles. The molecule has 0 fully saturated rings. The number of rotatable bonds is 16. The zero-order valence-electron chi connectivity index (χ0n) is 31.9. The Kier molecular flexibility index (Phi) is 13.7. The highest BCUT2D eigenvalue weighted by atomic mass is 16.6. The molecule has 5 rings (SSSR count). The van der Waals surface area contributed by atoms with E-state index in [-0.39, 0.29) is 32.1 Å². The number of nitrogens with zero attached hydrogens (tertiary/aromatic N) is 4. The summed E-state index contributed by atoms with van der Waals surface area (Å²) in [6.07, 6.45) is 4.39. The Bertz CT molecular complexity index is 2080. The maximum absolute atomic E-state index is 13.5. The molecule has 55 heavy (non-hydrogen) atoms. The first-order valence-electron chi connectivity index (χ1n) is 18.3. The zero-order valence-corrected chi connectivity index (χ0v) is 31.9. The van der Waals surface area contributed by atoms with Gasteiger partial charge in [-0.1, -0.05) is 24.3 Å². The third-order valence-corrected chi connectivity index (χ3v) is 8.73. The Morgan fingerprint density at radius 3 is 2.40 bits per heavy atom. The summed E-state index contributed by atoms with van der Waals surface area (Å²) >= 11 is 0. The standard InChI is InChI=1S/C43H47N5O7/c1-29-18-34(26-48(42(50)55-43(2,3)4)15-7-10-35(49)9-6-14-44)40(53-27-31-19-30(22-45)24-47-25-31)21-39(29)54-28-33-8-5-11-36(37(33)23-46)32-12-13-38-41(20-32)52-17-16-51-38/h5,8,11-13,18-21,24-25H,6-7,9-10,14-17,26-28,44H2,1-4H3. The van der Waals surface area contributed by atoms with E-state index in [4.69, 9.17) is 29.4 Å². The molecule has 0 unspecified atom stereocenters. The Labute approximate surface area is 322 Å². The number of hydrogen-bond acceptors (Lipinski definition) is 11. The van der Waals surface area contributed by atoms with Crippen molar-refractivity contribution < 1.29 is 33.3 Å². The quantitative estimate of drug-likeness (QED) is 0.120. The van der Waals surface area contributed by atoms with Crippen molar-refractivity contribution in [2.75, 3.05) is 26.3 Å². The number of amides is 1. The smallest absolute Gasteiger partial charge is 0.410 e. The third kappa shape index (κ3) is 11.2. The summed E-state index contributed by atoms with van der Waals surface area (Å²) in [5.74, 6) is 2.36. The summed E-state index contributed by atoms with van der Waals surface area (Å²) in [6, 6.07) is 21.1. The first kappa shape index (κ1) is 40.1. The highest BCUT2D eigenvalue weighted by Gasteiger charge is 2.25. The van der Waals surface area contributed by atoms with Gasteiger partial charge in [0.2, 0.25) is 0 Å². The largest absolute Gasteiger partial charge is 0.488 e. The van der Waals surface area contributed by atoms with Gasteiger partial charge in [0, 0.05) is 54.5 Å². The number of nitrogens with two attached hydrogens (primary N) is 1. The predicted molar refractivity (Wildman–Crippen MR) is 206 cm³/mol. The molecule has 0 spiro atoms. The van der Waals surface area contributed by atoms with Crippen LogP contribution < -0.4 is 24.7 Å². The number of aromatic nitrogens is 1. The molecule has 2 heterocycles. The van der Waals surface area contributed by atoms with Gasteiger partial charge >= 0.3 is 6.09 Å². The number of aryl methyl sites for hydroxylation is 1. The van der Waals surface area contributed by atoms with Crippen molar-refractivity contribution in [2.45, 2.75) is 78.7 Å². The third-order valence-electron chi connectivity index (χ3n) is 8.73. The Morgan fingerprint density at radius 2 is 1.65 bits per heavy atom. The molecular weight excluding hydrogens is 699 g/mol. The fourth-order valence-electron chi connectivity index (χ4n) is 6.05. The first-order chi connectivity index (χ1) is 26.5. The van der Waals surface area contributed by atoms with E-state index in [1.54, 1.807) is 44.0 Å². The highest BCUT2D eigenvalue weighted by Crippen LogP contribution is 2.37. The van der Waals surface area contributed by atoms with Gasteiger partial charge in [0.15, 0.2) is 11.5 Å². The molecule has 0 aliphatic carbocycles. The van der Waals surface area contributed by atoms with Gasteiger partial charge in [0.1, 0.15) is 61.4 Å². The van der Waals surface area contributed by atoms with Crippen molar-refractivity contribution in [1.82, 2.24) is 9.88 Å². The van der Waals surface area contributed by atoms with Gasteiger partial charge in [-0.3, -0.25) is 9.78 Å². The molecule has 286 valence electrons. The van der Waals surface area contributed by atoms with Crippen molar-refractivity contribution in [3.05, 3.63) is 100 Å². The summed E-state index contributed by atoms with van der Waals surface area (Å²) in [5, 5.41) is 19.7. The van der Waals surface area contributed by atoms with Crippen LogP contribution in [0.2, 0.25) is 0 Å². The SMILES string of the molecule is Cc1cc(CN(CCCC(=O)CCCN)C(=O)OC(C)(C)C)c(OCc2cncc(C#N)c2)cc1OCc1cccc(-c2ccc3c(c2)OCCO3)c1C#N. The van der Waals surface area contributed by atoms with E-state index >= 15 is 0 Å². The van der Waals surface area contributed by atoms with E-state index < -0.39 is 11.7 Å². The molecule has 12 heteroatoms. The number of carbonyl (C=O) groups is 2. The molecule has 2 N–H and O–H groups in total. The summed E-state index contributed by atoms with van der Waals surface area (Å²) in [7, 11) is 0. The number of fused-ring (bicyclic) bond motifs is 1. The Balaban J connectivity index is 1.43. The normalized spacial score (nSPS) is 11.9. The summed E-state index contributed by atoms with van der Waals surface area (Å²) in [5.41, 5.74) is 10.1. The lowest BCUT2D eigenvalue weighted by Crippen LogP contribution is -2.37. The molecule has 0 atom stereocenters. The van der Waals surface area contributed by atoms with Gasteiger partial charge in [-0.2, -0.15) is 10.5 Å². The van der Waals surface area contributed by atoms with E-state index in [0.29, 0.717) is 96.3 Å². The number of hydrogen-bond donors (Lipinski definition) is 1. The van der Waals surface area contributed by atoms with E-state index in [0.717, 1.165) is 16.7 Å². The van der Waals surface area contributed by atoms with Gasteiger partial charge in [0.25, 0.3) is 0 Å². The minimum atomic E-state index is -0.736. The zero-order chi connectivity index (χ0) is 39.4. The molecule has 1 amide bonds. The van der Waals surface area contributed by atoms with E-state index in [9.17, 15) is 20.1 Å². The van der Waals surface area contributed by atoms with Crippen LogP contribution in [0.15, 0.2) is 67.0 Å². The fraction of sp³-hybridized carbons (Fsp3) is 0.372. The lowest BCUT2D eigenvalue weighted by molar-refractivity contribution is -0.119. The van der Waals surface area contributed by atoms with Crippen molar-refractivity contribution in [3.8, 4) is 46.3 Å². The molecule has 12 nitrogen and oxygen atoms in total. The lowest BCUT2D eigenvalue weighted by atomic mass is 9.96. The number of ether oxygens (including phenoxy) is 5. The number of nitriles is 2. The van der Waals surface area contributed by atoms with Gasteiger partial charge in [0.05, 0.1) is 17.7 Å². The second-order valence-electron chi connectivity index (χ2n) is 14.2. The van der Waals surface area contributed by atoms with Gasteiger partial charge in [-0.15, -0.1) is 0 Å². The van der Waals surface area contributed by atoms with Crippen LogP contribution in [0.25, 0.3) is 11.1 Å². The van der Waals surface area contributed by atoms with Gasteiger partial charge < -0.3 is 34.3 Å². The molecule has 1 aliphatic heterocycles. The number of benzene rings is 3. The summed E-state index contributed by atoms with van der Waals surface area (Å²) < 4.78 is 30.0. The maximum Gasteiger partial charge on any atom is 0.410 e. The highest BCUT2D eigenvalue weighted by molar-refractivity contribution is 5.78. The van der Waals surface area contributed by atoms with Crippen molar-refractivity contribution in [3.63, 3.8) is 0 Å². The monoisotopic (exact) mass is 745 g/mol. The maximum atomic E-state index is 13.5. The summed E-state index contributed by atoms with van der Waals surface area (Å²) in [6.45, 7) is 9.30. The Morgan fingerprint density at radius 1 is 0.891 bits per heavy atom. The predicted octanol–water partition coefficient (Wildman–Crippen LogP) is 7.55. The van der Waals surface area contributed by atoms with Crippen molar-refractivity contribution >= 4 is 11.9 Å². The second kappa shape index (κ2) is 18.8. The molecule has 4 aromatic rings. The molecular formula is C43H47N5O7. The van der Waals surface area contributed by atoms with Crippen LogP contribution in [0.4, 0.5) is 4.79 Å². The van der Waals surface area contributed by atoms with Crippen LogP contribution in [0.1, 0.15) is 79.8 Å².